The van der Waals surface area contributed by atoms with Crippen LogP contribution in [0, 0.1) is 0 Å². The molecule has 0 aliphatic heterocycles. The van der Waals surface area contributed by atoms with E-state index in [0.29, 0.717) is 5.56 Å². The van der Waals surface area contributed by atoms with Crippen molar-refractivity contribution in [3.8, 4) is 0 Å². The van der Waals surface area contributed by atoms with Crippen LogP contribution in [0.4, 0.5) is 0 Å². The Morgan fingerprint density at radius 2 is 2.25 bits per heavy atom. The maximum Gasteiger partial charge on any atom is 0.379 e. The summed E-state index contributed by atoms with van der Waals surface area (Å²) in [6.45, 7) is 1.86. The number of aromatic nitrogens is 1. The van der Waals surface area contributed by atoms with Crippen LogP contribution in [0.15, 0.2) is 24.4 Å². The zero-order chi connectivity index (χ0) is 11.5. The Labute approximate surface area is 96.0 Å². The topological polar surface area (TPSA) is 56.3 Å². The summed E-state index contributed by atoms with van der Waals surface area (Å²) in [6, 6.07) is 5.18. The molecule has 0 spiro atoms. The SMILES string of the molecule is CCOC(=O)C(=O)c1cccc2cnsc12. The Balaban J connectivity index is 2.43. The van der Waals surface area contributed by atoms with E-state index in [2.05, 4.69) is 9.11 Å². The predicted molar refractivity (Wildman–Crippen MR) is 60.6 cm³/mol. The summed E-state index contributed by atoms with van der Waals surface area (Å²) < 4.78 is 9.39. The minimum Gasteiger partial charge on any atom is -0.460 e. The van der Waals surface area contributed by atoms with Gasteiger partial charge in [0.05, 0.1) is 11.3 Å². The van der Waals surface area contributed by atoms with Gasteiger partial charge in [-0.3, -0.25) is 4.79 Å². The van der Waals surface area contributed by atoms with E-state index in [9.17, 15) is 9.59 Å². The van der Waals surface area contributed by atoms with Crippen molar-refractivity contribution in [1.82, 2.24) is 4.37 Å². The number of ether oxygens (including phenoxy) is 1. The molecule has 0 bridgehead atoms. The first-order valence-corrected chi connectivity index (χ1v) is 5.56. The molecule has 0 radical (unpaired) electrons. The third kappa shape index (κ3) is 1.81. The number of carbonyl (C=O) groups is 2. The number of ketones is 1. The first-order valence-electron chi connectivity index (χ1n) is 4.79. The van der Waals surface area contributed by atoms with Crippen LogP contribution >= 0.6 is 11.5 Å². The molecule has 0 N–H and O–H groups in total. The normalized spacial score (nSPS) is 10.3. The molecule has 2 rings (SSSR count). The maximum atomic E-state index is 11.8. The van der Waals surface area contributed by atoms with Gasteiger partial charge >= 0.3 is 5.97 Å². The number of carbonyl (C=O) groups excluding carboxylic acids is 2. The molecule has 0 aliphatic carbocycles. The van der Waals surface area contributed by atoms with Gasteiger partial charge < -0.3 is 4.74 Å². The molecule has 0 amide bonds. The molecule has 5 heteroatoms. The largest absolute Gasteiger partial charge is 0.460 e. The lowest BCUT2D eigenvalue weighted by molar-refractivity contribution is -0.137. The highest BCUT2D eigenvalue weighted by molar-refractivity contribution is 7.13. The second-order valence-corrected chi connectivity index (χ2v) is 3.90. The summed E-state index contributed by atoms with van der Waals surface area (Å²) in [7, 11) is 0. The Hall–Kier alpha value is -1.75. The zero-order valence-corrected chi connectivity index (χ0v) is 9.41. The van der Waals surface area contributed by atoms with Crippen molar-refractivity contribution in [2.24, 2.45) is 0 Å². The van der Waals surface area contributed by atoms with E-state index in [1.165, 1.54) is 11.5 Å². The molecule has 1 aromatic heterocycles. The summed E-state index contributed by atoms with van der Waals surface area (Å²) in [5.74, 6) is -1.43. The maximum absolute atomic E-state index is 11.8. The summed E-state index contributed by atoms with van der Waals surface area (Å²) in [6.07, 6.45) is 1.67. The van der Waals surface area contributed by atoms with Crippen LogP contribution in [-0.4, -0.2) is 22.7 Å². The van der Waals surface area contributed by atoms with Gasteiger partial charge in [0.2, 0.25) is 0 Å². The Kier molecular flexibility index (Phi) is 2.96. The molecular formula is C11H9NO3S. The molecule has 0 saturated carbocycles. The van der Waals surface area contributed by atoms with Crippen LogP contribution in [0.1, 0.15) is 17.3 Å². The molecule has 2 aromatic rings. The highest BCUT2D eigenvalue weighted by Gasteiger charge is 2.20. The van der Waals surface area contributed by atoms with E-state index >= 15 is 0 Å². The fourth-order valence-corrected chi connectivity index (χ4v) is 2.14. The highest BCUT2D eigenvalue weighted by Crippen LogP contribution is 2.22. The van der Waals surface area contributed by atoms with Gasteiger partial charge in [-0.15, -0.1) is 0 Å². The van der Waals surface area contributed by atoms with E-state index in [-0.39, 0.29) is 6.61 Å². The van der Waals surface area contributed by atoms with Gasteiger partial charge in [0, 0.05) is 17.1 Å². The summed E-state index contributed by atoms with van der Waals surface area (Å²) in [5, 5.41) is 0.861. The third-order valence-corrected chi connectivity index (χ3v) is 2.94. The van der Waals surface area contributed by atoms with E-state index in [1.54, 1.807) is 25.3 Å². The fourth-order valence-electron chi connectivity index (χ4n) is 1.38. The molecule has 1 aromatic carbocycles. The number of esters is 1. The minimum absolute atomic E-state index is 0.198. The van der Waals surface area contributed by atoms with Crippen molar-refractivity contribution in [1.29, 1.82) is 0 Å². The lowest BCUT2D eigenvalue weighted by Gasteiger charge is -2.01. The van der Waals surface area contributed by atoms with Gasteiger partial charge in [-0.1, -0.05) is 12.1 Å². The van der Waals surface area contributed by atoms with E-state index in [0.717, 1.165) is 10.1 Å². The van der Waals surface area contributed by atoms with Crippen LogP contribution < -0.4 is 0 Å². The second kappa shape index (κ2) is 4.40. The van der Waals surface area contributed by atoms with E-state index in [1.807, 2.05) is 6.07 Å². The Morgan fingerprint density at radius 1 is 1.44 bits per heavy atom. The van der Waals surface area contributed by atoms with Crippen molar-refractivity contribution >= 4 is 33.4 Å². The van der Waals surface area contributed by atoms with Crippen LogP contribution in [0.25, 0.3) is 10.1 Å². The zero-order valence-electron chi connectivity index (χ0n) is 8.60. The van der Waals surface area contributed by atoms with Gasteiger partial charge in [0.25, 0.3) is 5.78 Å². The molecule has 0 unspecified atom stereocenters. The molecule has 0 saturated heterocycles. The van der Waals surface area contributed by atoms with Gasteiger partial charge in [0.1, 0.15) is 0 Å². The Morgan fingerprint density at radius 3 is 3.00 bits per heavy atom. The number of nitrogens with zero attached hydrogens (tertiary/aromatic N) is 1. The first-order chi connectivity index (χ1) is 7.74. The van der Waals surface area contributed by atoms with Crippen molar-refractivity contribution in [3.05, 3.63) is 30.0 Å². The van der Waals surface area contributed by atoms with Crippen LogP contribution in [-0.2, 0) is 9.53 Å². The number of Topliss-reactive ketones (excluding diaryl/α,β-unsaturated/α-hetero) is 1. The smallest absolute Gasteiger partial charge is 0.379 e. The lowest BCUT2D eigenvalue weighted by Crippen LogP contribution is -2.17. The number of hydrogen-bond donors (Lipinski definition) is 0. The molecule has 0 aliphatic rings. The summed E-state index contributed by atoms with van der Waals surface area (Å²) >= 11 is 1.20. The molecule has 16 heavy (non-hydrogen) atoms. The van der Waals surface area contributed by atoms with Crippen molar-refractivity contribution in [2.75, 3.05) is 6.61 Å². The standard InChI is InChI=1S/C11H9NO3S/c1-2-15-11(14)9(13)8-5-3-4-7-6-12-16-10(7)8/h3-6H,2H2,1H3. The van der Waals surface area contributed by atoms with Crippen LogP contribution in [0.2, 0.25) is 0 Å². The summed E-state index contributed by atoms with van der Waals surface area (Å²) in [4.78, 5) is 23.1. The number of rotatable bonds is 3. The van der Waals surface area contributed by atoms with Gasteiger partial charge in [-0.25, -0.2) is 4.79 Å². The third-order valence-electron chi connectivity index (χ3n) is 2.09. The van der Waals surface area contributed by atoms with E-state index < -0.39 is 11.8 Å². The fraction of sp³-hybridized carbons (Fsp3) is 0.182. The number of benzene rings is 1. The quantitative estimate of drug-likeness (QED) is 0.464. The molecule has 4 nitrogen and oxygen atoms in total. The number of fused-ring (bicyclic) bond motifs is 1. The van der Waals surface area contributed by atoms with Crippen molar-refractivity contribution < 1.29 is 14.3 Å². The molecule has 0 atom stereocenters. The van der Waals surface area contributed by atoms with Crippen LogP contribution in [0.3, 0.4) is 0 Å². The van der Waals surface area contributed by atoms with Crippen molar-refractivity contribution in [2.45, 2.75) is 6.92 Å². The second-order valence-electron chi connectivity index (χ2n) is 3.10. The molecular weight excluding hydrogens is 226 g/mol. The van der Waals surface area contributed by atoms with Crippen LogP contribution in [0.5, 0.6) is 0 Å². The minimum atomic E-state index is -0.816. The Bertz CT molecular complexity index is 547. The number of hydrogen-bond acceptors (Lipinski definition) is 5. The van der Waals surface area contributed by atoms with Crippen molar-refractivity contribution in [3.63, 3.8) is 0 Å². The first kappa shape index (κ1) is 10.8. The van der Waals surface area contributed by atoms with E-state index in [4.69, 9.17) is 0 Å². The van der Waals surface area contributed by atoms with Gasteiger partial charge in [-0.2, -0.15) is 4.37 Å². The molecule has 0 fully saturated rings. The molecule has 1 heterocycles. The predicted octanol–water partition coefficient (Wildman–Crippen LogP) is 2.04. The molecule has 82 valence electrons. The van der Waals surface area contributed by atoms with Gasteiger partial charge in [0.15, 0.2) is 0 Å². The lowest BCUT2D eigenvalue weighted by atomic mass is 10.1. The average molecular weight is 235 g/mol. The summed E-state index contributed by atoms with van der Waals surface area (Å²) in [5.41, 5.74) is 0.360. The highest BCUT2D eigenvalue weighted by atomic mass is 32.1. The van der Waals surface area contributed by atoms with Gasteiger partial charge in [-0.05, 0) is 24.5 Å². The average Bonchev–Trinajstić information content (AvgIpc) is 2.76. The monoisotopic (exact) mass is 235 g/mol.